The highest BCUT2D eigenvalue weighted by Gasteiger charge is 2.26. The highest BCUT2D eigenvalue weighted by Crippen LogP contribution is 2.28. The quantitative estimate of drug-likeness (QED) is 0.756. The topological polar surface area (TPSA) is 59.3 Å². The van der Waals surface area contributed by atoms with Gasteiger partial charge in [-0.05, 0) is 23.8 Å². The molecule has 1 unspecified atom stereocenters. The van der Waals surface area contributed by atoms with E-state index in [9.17, 15) is 4.79 Å². The van der Waals surface area contributed by atoms with E-state index >= 15 is 0 Å². The van der Waals surface area contributed by atoms with Gasteiger partial charge in [0.2, 0.25) is 10.1 Å². The van der Waals surface area contributed by atoms with Gasteiger partial charge in [-0.15, -0.1) is 5.10 Å². The predicted octanol–water partition coefficient (Wildman–Crippen LogP) is 3.78. The van der Waals surface area contributed by atoms with Crippen LogP contribution in [0, 0.1) is 5.41 Å². The van der Waals surface area contributed by atoms with Gasteiger partial charge in [0.1, 0.15) is 0 Å². The smallest absolute Gasteiger partial charge is 0.275 e. The highest BCUT2D eigenvalue weighted by atomic mass is 32.1. The summed E-state index contributed by atoms with van der Waals surface area (Å²) in [7, 11) is 0. The number of aromatic nitrogens is 3. The summed E-state index contributed by atoms with van der Waals surface area (Å²) in [6.07, 6.45) is 1.63. The van der Waals surface area contributed by atoms with E-state index in [1.807, 2.05) is 13.0 Å². The highest BCUT2D eigenvalue weighted by molar-refractivity contribution is 7.20. The SMILES string of the molecule is CCc1cc(=O)n2nc(NC(Cc3ccccc3)C(C)(C)C)sc2n1. The molecule has 0 bridgehead atoms. The molecule has 0 radical (unpaired) electrons. The largest absolute Gasteiger partial charge is 0.356 e. The van der Waals surface area contributed by atoms with Crippen LogP contribution in [0.1, 0.15) is 39.0 Å². The fraction of sp³-hybridized carbons (Fsp3) is 0.421. The third-order valence-electron chi connectivity index (χ3n) is 4.29. The van der Waals surface area contributed by atoms with Crippen LogP contribution in [-0.2, 0) is 12.8 Å². The Labute approximate surface area is 151 Å². The number of aryl methyl sites for hydroxylation is 1. The van der Waals surface area contributed by atoms with E-state index < -0.39 is 0 Å². The molecule has 3 aromatic rings. The molecule has 0 saturated carbocycles. The second-order valence-corrected chi connectivity index (χ2v) is 8.25. The van der Waals surface area contributed by atoms with E-state index in [4.69, 9.17) is 0 Å². The van der Waals surface area contributed by atoms with Crippen LogP contribution in [0.15, 0.2) is 41.2 Å². The van der Waals surface area contributed by atoms with Crippen molar-refractivity contribution >= 4 is 21.4 Å². The molecule has 0 spiro atoms. The maximum absolute atomic E-state index is 12.2. The first-order valence-corrected chi connectivity index (χ1v) is 9.38. The Kier molecular flexibility index (Phi) is 4.90. The van der Waals surface area contributed by atoms with Gasteiger partial charge in [-0.2, -0.15) is 4.52 Å². The van der Waals surface area contributed by atoms with Crippen molar-refractivity contribution in [2.45, 2.75) is 46.6 Å². The number of hydrogen-bond acceptors (Lipinski definition) is 5. The summed E-state index contributed by atoms with van der Waals surface area (Å²) in [4.78, 5) is 17.3. The van der Waals surface area contributed by atoms with Crippen LogP contribution in [0.5, 0.6) is 0 Å². The van der Waals surface area contributed by atoms with Gasteiger partial charge in [0, 0.05) is 17.8 Å². The zero-order chi connectivity index (χ0) is 18.0. The molecular weight excluding hydrogens is 332 g/mol. The minimum Gasteiger partial charge on any atom is -0.356 e. The molecule has 3 rings (SSSR count). The lowest BCUT2D eigenvalue weighted by Crippen LogP contribution is -2.36. The minimum atomic E-state index is -0.124. The van der Waals surface area contributed by atoms with Crippen LogP contribution in [0.25, 0.3) is 4.96 Å². The van der Waals surface area contributed by atoms with Crippen molar-refractivity contribution in [2.24, 2.45) is 5.41 Å². The second-order valence-electron chi connectivity index (χ2n) is 7.29. The molecule has 0 aliphatic carbocycles. The average molecular weight is 356 g/mol. The number of rotatable bonds is 5. The number of benzene rings is 1. The second kappa shape index (κ2) is 6.96. The van der Waals surface area contributed by atoms with Crippen LogP contribution in [0.4, 0.5) is 5.13 Å². The van der Waals surface area contributed by atoms with Gasteiger partial charge in [-0.25, -0.2) is 4.98 Å². The van der Waals surface area contributed by atoms with E-state index in [0.29, 0.717) is 4.96 Å². The Bertz CT molecular complexity index is 909. The first-order valence-electron chi connectivity index (χ1n) is 8.57. The van der Waals surface area contributed by atoms with Gasteiger partial charge in [-0.1, -0.05) is 69.4 Å². The third kappa shape index (κ3) is 4.07. The molecule has 0 aliphatic heterocycles. The molecular formula is C19H24N4OS. The number of hydrogen-bond donors (Lipinski definition) is 1. The third-order valence-corrected chi connectivity index (χ3v) is 5.13. The Morgan fingerprint density at radius 2 is 1.96 bits per heavy atom. The zero-order valence-corrected chi connectivity index (χ0v) is 15.9. The average Bonchev–Trinajstić information content (AvgIpc) is 2.97. The molecule has 5 nitrogen and oxygen atoms in total. The first-order chi connectivity index (χ1) is 11.9. The molecule has 132 valence electrons. The number of nitrogens with one attached hydrogen (secondary N) is 1. The lowest BCUT2D eigenvalue weighted by molar-refractivity contribution is 0.338. The monoisotopic (exact) mass is 356 g/mol. The van der Waals surface area contributed by atoms with Crippen molar-refractivity contribution in [1.82, 2.24) is 14.6 Å². The summed E-state index contributed by atoms with van der Waals surface area (Å²) in [6, 6.07) is 12.2. The van der Waals surface area contributed by atoms with E-state index in [2.05, 4.69) is 60.4 Å². The lowest BCUT2D eigenvalue weighted by atomic mass is 9.83. The van der Waals surface area contributed by atoms with Gasteiger partial charge in [-0.3, -0.25) is 4.79 Å². The van der Waals surface area contributed by atoms with Crippen molar-refractivity contribution in [1.29, 1.82) is 0 Å². The first kappa shape index (κ1) is 17.6. The molecule has 6 heteroatoms. The molecule has 1 N–H and O–H groups in total. The number of anilines is 1. The van der Waals surface area contributed by atoms with E-state index in [-0.39, 0.29) is 17.0 Å². The maximum Gasteiger partial charge on any atom is 0.275 e. The van der Waals surface area contributed by atoms with Crippen molar-refractivity contribution in [2.75, 3.05) is 5.32 Å². The van der Waals surface area contributed by atoms with Crippen molar-refractivity contribution < 1.29 is 0 Å². The van der Waals surface area contributed by atoms with Gasteiger partial charge < -0.3 is 5.32 Å². The Hall–Kier alpha value is -2.21. The Morgan fingerprint density at radius 1 is 1.24 bits per heavy atom. The van der Waals surface area contributed by atoms with Gasteiger partial charge in [0.15, 0.2) is 0 Å². The van der Waals surface area contributed by atoms with Gasteiger partial charge >= 0.3 is 0 Å². The molecule has 2 aromatic heterocycles. The maximum atomic E-state index is 12.2. The summed E-state index contributed by atoms with van der Waals surface area (Å²) in [6.45, 7) is 8.62. The normalized spacial score (nSPS) is 13.1. The zero-order valence-electron chi connectivity index (χ0n) is 15.1. The number of fused-ring (bicyclic) bond motifs is 1. The van der Waals surface area contributed by atoms with E-state index in [1.165, 1.54) is 21.4 Å². The Balaban J connectivity index is 1.90. The van der Waals surface area contributed by atoms with Gasteiger partial charge in [0.25, 0.3) is 5.56 Å². The van der Waals surface area contributed by atoms with Crippen molar-refractivity contribution in [3.8, 4) is 0 Å². The molecule has 0 saturated heterocycles. The summed E-state index contributed by atoms with van der Waals surface area (Å²) in [5, 5.41) is 8.69. The molecule has 0 amide bonds. The molecule has 2 heterocycles. The summed E-state index contributed by atoms with van der Waals surface area (Å²) < 4.78 is 1.38. The van der Waals surface area contributed by atoms with Crippen molar-refractivity contribution in [3.05, 3.63) is 58.0 Å². The molecule has 25 heavy (non-hydrogen) atoms. The minimum absolute atomic E-state index is 0.0423. The molecule has 1 aromatic carbocycles. The van der Waals surface area contributed by atoms with Crippen molar-refractivity contribution in [3.63, 3.8) is 0 Å². The van der Waals surface area contributed by atoms with Crippen LogP contribution >= 0.6 is 11.3 Å². The molecule has 1 atom stereocenters. The van der Waals surface area contributed by atoms with Crippen LogP contribution < -0.4 is 10.9 Å². The predicted molar refractivity (Wildman–Crippen MR) is 104 cm³/mol. The summed E-state index contributed by atoms with van der Waals surface area (Å²) >= 11 is 1.43. The Morgan fingerprint density at radius 3 is 2.60 bits per heavy atom. The van der Waals surface area contributed by atoms with Crippen LogP contribution in [-0.4, -0.2) is 20.6 Å². The number of nitrogens with zero attached hydrogens (tertiary/aromatic N) is 3. The summed E-state index contributed by atoms with van der Waals surface area (Å²) in [5.41, 5.74) is 2.00. The van der Waals surface area contributed by atoms with E-state index in [0.717, 1.165) is 23.7 Å². The molecule has 0 fully saturated rings. The summed E-state index contributed by atoms with van der Waals surface area (Å²) in [5.74, 6) is 0. The van der Waals surface area contributed by atoms with Crippen LogP contribution in [0.3, 0.4) is 0 Å². The lowest BCUT2D eigenvalue weighted by Gasteiger charge is -2.31. The van der Waals surface area contributed by atoms with E-state index in [1.54, 1.807) is 6.07 Å². The van der Waals surface area contributed by atoms with Crippen LogP contribution in [0.2, 0.25) is 0 Å². The van der Waals surface area contributed by atoms with Gasteiger partial charge in [0.05, 0.1) is 0 Å². The fourth-order valence-corrected chi connectivity index (χ4v) is 3.55. The molecule has 0 aliphatic rings. The fourth-order valence-electron chi connectivity index (χ4n) is 2.67. The standard InChI is InChI=1S/C19H24N4OS/c1-5-14-12-16(24)23-18(20-14)25-17(22-23)21-15(19(2,3)4)11-13-9-7-6-8-10-13/h6-10,12,15H,5,11H2,1-4H3,(H,21,22).